The lowest BCUT2D eigenvalue weighted by atomic mass is 9.99. The van der Waals surface area contributed by atoms with E-state index in [2.05, 4.69) is 54.0 Å². The van der Waals surface area contributed by atoms with E-state index in [0.717, 1.165) is 69.5 Å². The molecule has 2 saturated heterocycles. The number of aliphatic imine (C=N–C) groups is 1. The third-order valence-corrected chi connectivity index (χ3v) is 5.99. The predicted octanol–water partition coefficient (Wildman–Crippen LogP) is 2.01. The van der Waals surface area contributed by atoms with Crippen molar-refractivity contribution in [2.75, 3.05) is 56.1 Å². The number of hydrogen-bond donors (Lipinski definition) is 1. The number of piperidine rings is 1. The highest BCUT2D eigenvalue weighted by Crippen LogP contribution is 2.21. The molecule has 0 aliphatic carbocycles. The molecule has 160 valence electrons. The molecule has 0 atom stereocenters. The molecule has 2 aliphatic rings. The molecule has 0 saturated carbocycles. The highest BCUT2D eigenvalue weighted by atomic mass is 15.4. The second-order valence-corrected chi connectivity index (χ2v) is 8.12. The summed E-state index contributed by atoms with van der Waals surface area (Å²) >= 11 is 0. The monoisotopic (exact) mass is 408 g/mol. The second kappa shape index (κ2) is 9.73. The van der Waals surface area contributed by atoms with Crippen LogP contribution in [0, 0.1) is 5.92 Å². The molecule has 30 heavy (non-hydrogen) atoms. The van der Waals surface area contributed by atoms with Gasteiger partial charge in [-0.2, -0.15) is 0 Å². The standard InChI is InChI=1S/C22H32N8/c1-18-6-10-28(11-7-18)20-5-4-19(16-26-20)17-27-21(23-2)29-12-14-30(15-13-29)22-24-8-3-9-25-22/h3-5,8-9,16,18H,6-7,10-15,17H2,1-2H3,(H,23,27). The summed E-state index contributed by atoms with van der Waals surface area (Å²) in [6.07, 6.45) is 8.08. The van der Waals surface area contributed by atoms with E-state index in [1.54, 1.807) is 12.4 Å². The summed E-state index contributed by atoms with van der Waals surface area (Å²) in [5.74, 6) is 3.65. The maximum atomic E-state index is 4.70. The van der Waals surface area contributed by atoms with Crippen LogP contribution in [0.5, 0.6) is 0 Å². The fourth-order valence-electron chi connectivity index (χ4n) is 4.03. The molecule has 8 heteroatoms. The van der Waals surface area contributed by atoms with Gasteiger partial charge in [-0.25, -0.2) is 15.0 Å². The molecule has 0 aromatic carbocycles. The Balaban J connectivity index is 1.27. The first-order valence-corrected chi connectivity index (χ1v) is 10.9. The summed E-state index contributed by atoms with van der Waals surface area (Å²) in [6, 6.07) is 6.17. The number of hydrogen-bond acceptors (Lipinski definition) is 6. The van der Waals surface area contributed by atoms with Crippen LogP contribution in [-0.2, 0) is 6.54 Å². The molecule has 4 rings (SSSR count). The molecule has 4 heterocycles. The SMILES string of the molecule is CN=C(NCc1ccc(N2CCC(C)CC2)nc1)N1CCN(c2ncccn2)CC1. The normalized spacial score (nSPS) is 18.6. The average Bonchev–Trinajstić information content (AvgIpc) is 2.81. The molecule has 0 bridgehead atoms. The van der Waals surface area contributed by atoms with Crippen LogP contribution in [0.15, 0.2) is 41.8 Å². The molecule has 2 fully saturated rings. The minimum Gasteiger partial charge on any atom is -0.357 e. The van der Waals surface area contributed by atoms with E-state index < -0.39 is 0 Å². The number of guanidine groups is 1. The lowest BCUT2D eigenvalue weighted by Gasteiger charge is -2.36. The van der Waals surface area contributed by atoms with Crippen molar-refractivity contribution < 1.29 is 0 Å². The van der Waals surface area contributed by atoms with Crippen molar-refractivity contribution in [2.24, 2.45) is 10.9 Å². The predicted molar refractivity (Wildman–Crippen MR) is 121 cm³/mol. The van der Waals surface area contributed by atoms with Crippen molar-refractivity contribution in [1.29, 1.82) is 0 Å². The van der Waals surface area contributed by atoms with Crippen molar-refractivity contribution >= 4 is 17.7 Å². The Morgan fingerprint density at radius 2 is 1.73 bits per heavy atom. The fraction of sp³-hybridized carbons (Fsp3) is 0.545. The van der Waals surface area contributed by atoms with Crippen LogP contribution in [0.1, 0.15) is 25.3 Å². The first-order valence-electron chi connectivity index (χ1n) is 10.9. The number of anilines is 2. The summed E-state index contributed by atoms with van der Waals surface area (Å²) in [5, 5.41) is 3.49. The van der Waals surface area contributed by atoms with Crippen LogP contribution in [-0.4, -0.2) is 72.1 Å². The number of rotatable bonds is 4. The minimum absolute atomic E-state index is 0.721. The molecule has 0 spiro atoms. The first kappa shape index (κ1) is 20.4. The zero-order valence-corrected chi connectivity index (χ0v) is 18.0. The molecule has 0 unspecified atom stereocenters. The molecule has 1 N–H and O–H groups in total. The summed E-state index contributed by atoms with van der Waals surface area (Å²) in [4.78, 5) is 24.8. The third-order valence-electron chi connectivity index (χ3n) is 5.99. The number of piperazine rings is 1. The van der Waals surface area contributed by atoms with E-state index in [4.69, 9.17) is 4.98 Å². The Morgan fingerprint density at radius 1 is 1.00 bits per heavy atom. The Labute approximate surface area is 179 Å². The van der Waals surface area contributed by atoms with Crippen LogP contribution in [0.3, 0.4) is 0 Å². The Kier molecular flexibility index (Phi) is 6.61. The topological polar surface area (TPSA) is 72.8 Å². The number of nitrogens with one attached hydrogen (secondary N) is 1. The highest BCUT2D eigenvalue weighted by Gasteiger charge is 2.21. The van der Waals surface area contributed by atoms with Crippen molar-refractivity contribution in [3.8, 4) is 0 Å². The summed E-state index contributed by atoms with van der Waals surface area (Å²) in [5.41, 5.74) is 1.17. The maximum Gasteiger partial charge on any atom is 0.225 e. The van der Waals surface area contributed by atoms with Crippen LogP contribution >= 0.6 is 0 Å². The van der Waals surface area contributed by atoms with Gasteiger partial charge in [-0.3, -0.25) is 4.99 Å². The fourth-order valence-corrected chi connectivity index (χ4v) is 4.03. The van der Waals surface area contributed by atoms with Gasteiger partial charge in [0, 0.05) is 71.5 Å². The minimum atomic E-state index is 0.721. The van der Waals surface area contributed by atoms with E-state index in [9.17, 15) is 0 Å². The van der Waals surface area contributed by atoms with Gasteiger partial charge in [0.15, 0.2) is 5.96 Å². The Hall–Kier alpha value is -2.90. The van der Waals surface area contributed by atoms with Gasteiger partial charge in [0.05, 0.1) is 0 Å². The molecular weight excluding hydrogens is 376 g/mol. The molecule has 8 nitrogen and oxygen atoms in total. The lowest BCUT2D eigenvalue weighted by Crippen LogP contribution is -2.52. The third kappa shape index (κ3) is 4.98. The van der Waals surface area contributed by atoms with Crippen LogP contribution < -0.4 is 15.1 Å². The van der Waals surface area contributed by atoms with E-state index in [-0.39, 0.29) is 0 Å². The van der Waals surface area contributed by atoms with Crippen molar-refractivity contribution in [3.63, 3.8) is 0 Å². The van der Waals surface area contributed by atoms with Gasteiger partial charge in [0.2, 0.25) is 5.95 Å². The van der Waals surface area contributed by atoms with Gasteiger partial charge in [-0.1, -0.05) is 13.0 Å². The van der Waals surface area contributed by atoms with Crippen molar-refractivity contribution in [1.82, 2.24) is 25.2 Å². The van der Waals surface area contributed by atoms with E-state index in [1.165, 1.54) is 18.4 Å². The smallest absolute Gasteiger partial charge is 0.225 e. The van der Waals surface area contributed by atoms with Gasteiger partial charge < -0.3 is 20.0 Å². The van der Waals surface area contributed by atoms with Gasteiger partial charge in [0.1, 0.15) is 5.82 Å². The van der Waals surface area contributed by atoms with Gasteiger partial charge >= 0.3 is 0 Å². The molecule has 2 aliphatic heterocycles. The van der Waals surface area contributed by atoms with Crippen LogP contribution in [0.25, 0.3) is 0 Å². The quantitative estimate of drug-likeness (QED) is 0.613. The van der Waals surface area contributed by atoms with Crippen LogP contribution in [0.4, 0.5) is 11.8 Å². The zero-order valence-electron chi connectivity index (χ0n) is 18.0. The van der Waals surface area contributed by atoms with Gasteiger partial charge in [-0.15, -0.1) is 0 Å². The molecule has 0 amide bonds. The van der Waals surface area contributed by atoms with E-state index >= 15 is 0 Å². The summed E-state index contributed by atoms with van der Waals surface area (Å²) in [6.45, 7) is 8.83. The van der Waals surface area contributed by atoms with E-state index in [1.807, 2.05) is 19.3 Å². The first-order chi connectivity index (χ1) is 14.7. The molecule has 0 radical (unpaired) electrons. The second-order valence-electron chi connectivity index (χ2n) is 8.12. The number of nitrogens with zero attached hydrogens (tertiary/aromatic N) is 7. The number of pyridine rings is 1. The van der Waals surface area contributed by atoms with Gasteiger partial charge in [-0.05, 0) is 36.5 Å². The summed E-state index contributed by atoms with van der Waals surface area (Å²) in [7, 11) is 1.84. The average molecular weight is 409 g/mol. The zero-order chi connectivity index (χ0) is 20.8. The Bertz CT molecular complexity index is 807. The largest absolute Gasteiger partial charge is 0.357 e. The van der Waals surface area contributed by atoms with Crippen LogP contribution in [0.2, 0.25) is 0 Å². The van der Waals surface area contributed by atoms with Gasteiger partial charge in [0.25, 0.3) is 0 Å². The maximum absolute atomic E-state index is 4.70. The molecule has 2 aromatic rings. The number of aromatic nitrogens is 3. The van der Waals surface area contributed by atoms with Crippen molar-refractivity contribution in [3.05, 3.63) is 42.4 Å². The molecule has 2 aromatic heterocycles. The Morgan fingerprint density at radius 3 is 2.37 bits per heavy atom. The van der Waals surface area contributed by atoms with E-state index in [0.29, 0.717) is 0 Å². The molecular formula is C22H32N8. The highest BCUT2D eigenvalue weighted by molar-refractivity contribution is 5.80. The van der Waals surface area contributed by atoms with Crippen molar-refractivity contribution in [2.45, 2.75) is 26.3 Å². The lowest BCUT2D eigenvalue weighted by molar-refractivity contribution is 0.370. The summed E-state index contributed by atoms with van der Waals surface area (Å²) < 4.78 is 0.